The van der Waals surface area contributed by atoms with Gasteiger partial charge in [0.25, 0.3) is 0 Å². The molecule has 0 unspecified atom stereocenters. The lowest BCUT2D eigenvalue weighted by atomic mass is 9.89. The normalized spacial score (nSPS) is 24.6. The van der Waals surface area contributed by atoms with E-state index in [-0.39, 0.29) is 123 Å². The second-order valence-electron chi connectivity index (χ2n) is 33.0. The van der Waals surface area contributed by atoms with Crippen molar-refractivity contribution >= 4 is 70.5 Å². The van der Waals surface area contributed by atoms with Crippen LogP contribution < -0.4 is 56.2 Å². The Kier molecular flexibility index (Phi) is 32.7. The van der Waals surface area contributed by atoms with Crippen LogP contribution in [0.5, 0.6) is 74.7 Å². The zero-order valence-electron chi connectivity index (χ0n) is 75.3. The third-order valence-corrected chi connectivity index (χ3v) is 24.3. The highest BCUT2D eigenvalue weighted by Gasteiger charge is 2.51. The molecule has 17 bridgehead atoms. The van der Waals surface area contributed by atoms with Gasteiger partial charge < -0.3 is 164 Å². The van der Waals surface area contributed by atoms with Gasteiger partial charge in [-0.15, -0.1) is 5.10 Å². The van der Waals surface area contributed by atoms with Crippen molar-refractivity contribution in [2.45, 2.75) is 136 Å². The summed E-state index contributed by atoms with van der Waals surface area (Å²) in [5.41, 5.74) is -1.75. The smallest absolute Gasteiger partial charge is 0.330 e. The number of amides is 7. The monoisotopic (exact) mass is 1980 g/mol. The maximum absolute atomic E-state index is 16.4. The van der Waals surface area contributed by atoms with Gasteiger partial charge in [0.2, 0.25) is 47.1 Å². The zero-order valence-corrected chi connectivity index (χ0v) is 76.8. The van der Waals surface area contributed by atoms with E-state index in [1.54, 1.807) is 21.3 Å². The standard InChI is InChI=1S/C94H100Cl2N10O34/c1-43(108)97-76-81(116)80(115)69(39-107)138-93(76)140-82-48-11-17-65(59(96)31-48)137-68-34-50-33-67(79(68)114)136-64-16-8-45(26-58(64)95)27-60-86(117)99-73(88(119)101-74(50)89(120)100-72-46-9-14-61(111)56(30-46)71-57(36-53(110)37-63(71)113)75(92(123)124)102-90(121)77(82)103-87(72)118)49-28-52(109)35-55(29-49)135-66-32-47(10-15-62(66)112)78(91(122)98-60)106-38-51(104-105-106)41-132-24-22-130-20-18-129-19-21-131-23-25-133-42-70-83(84(126-3)85(127-4)94(128-5)139-70)134-40-44-6-12-54(125-2)13-7-44/h6-17,26,28-38,60,69-70,72-78,80-85,93-94,107,109-116H,18-25,27,39-42H2,1-5H3,(H,97,108)(H,98,122)(H,99,117)(H,100,120)(H,101,119)(H,102,121)(H,103,118)(H,123,124)/t60-,69-,70-,72-,73+,74-,75-,76-,77+,78-,80-,81-,82-,83-,84+,85-,93+,94+/m1/s1. The van der Waals surface area contributed by atoms with Crippen molar-refractivity contribution in [1.82, 2.24) is 52.2 Å². The fourth-order valence-electron chi connectivity index (χ4n) is 16.8. The third kappa shape index (κ3) is 23.2. The van der Waals surface area contributed by atoms with Crippen LogP contribution in [-0.2, 0) is 115 Å². The number of carboxylic acids is 1. The van der Waals surface area contributed by atoms with Crippen LogP contribution in [0.3, 0.4) is 0 Å². The molecular formula is C94H100Cl2N10O34. The van der Waals surface area contributed by atoms with E-state index in [2.05, 4.69) is 47.5 Å². The van der Waals surface area contributed by atoms with Gasteiger partial charge in [0.05, 0.1) is 103 Å². The summed E-state index contributed by atoms with van der Waals surface area (Å²) < 4.78 is 97.0. The number of hydrogen-bond donors (Lipinski definition) is 17. The maximum Gasteiger partial charge on any atom is 0.330 e. The van der Waals surface area contributed by atoms with E-state index in [1.807, 2.05) is 24.3 Å². The molecule has 744 valence electrons. The zero-order chi connectivity index (χ0) is 99.4. The Labute approximate surface area is 806 Å². The van der Waals surface area contributed by atoms with E-state index >= 15 is 28.8 Å². The Morgan fingerprint density at radius 1 is 0.521 bits per heavy atom. The Hall–Kier alpha value is -13.4. The molecule has 0 spiro atoms. The lowest BCUT2D eigenvalue weighted by Crippen LogP contribution is -2.65. The summed E-state index contributed by atoms with van der Waals surface area (Å²) in [6.45, 7) is 1.77. The van der Waals surface area contributed by atoms with Gasteiger partial charge in [-0.25, -0.2) is 9.48 Å². The number of rotatable bonds is 29. The molecule has 8 aromatic carbocycles. The number of carbonyl (C=O) groups excluding carboxylic acids is 7. The number of fused-ring (bicyclic) bond motifs is 14. The molecule has 0 saturated carbocycles. The van der Waals surface area contributed by atoms with E-state index < -0.39 is 255 Å². The molecule has 2 saturated heterocycles. The number of hydrogen-bond acceptors (Lipinski definition) is 35. The number of halogens is 2. The van der Waals surface area contributed by atoms with Gasteiger partial charge in [0, 0.05) is 63.5 Å². The number of benzene rings is 8. The van der Waals surface area contributed by atoms with Gasteiger partial charge in [-0.05, 0) is 130 Å². The van der Waals surface area contributed by atoms with Crippen molar-refractivity contribution in [1.29, 1.82) is 0 Å². The molecule has 18 atom stereocenters. The first kappa shape index (κ1) is 101. The number of carboxylic acid groups (broad SMARTS) is 1. The van der Waals surface area contributed by atoms with E-state index in [4.69, 9.17) is 99.0 Å². The second kappa shape index (κ2) is 45.3. The molecule has 2 fully saturated rings. The average molecular weight is 1980 g/mol. The van der Waals surface area contributed by atoms with Crippen molar-refractivity contribution in [2.24, 2.45) is 0 Å². The molecule has 17 N–H and O–H groups in total. The summed E-state index contributed by atoms with van der Waals surface area (Å²) in [5, 5.41) is 141. The number of aromatic nitrogens is 3. The van der Waals surface area contributed by atoms with Crippen molar-refractivity contribution < 1.29 is 165 Å². The van der Waals surface area contributed by atoms with Crippen LogP contribution in [0.15, 0.2) is 146 Å². The molecule has 9 heterocycles. The largest absolute Gasteiger partial charge is 0.508 e. The highest BCUT2D eigenvalue weighted by Crippen LogP contribution is 2.50. The minimum absolute atomic E-state index is 0.0537. The maximum atomic E-state index is 16.4. The van der Waals surface area contributed by atoms with E-state index in [1.165, 1.54) is 61.8 Å². The minimum Gasteiger partial charge on any atom is -0.508 e. The van der Waals surface area contributed by atoms with Crippen LogP contribution in [0.2, 0.25) is 10.0 Å². The van der Waals surface area contributed by atoms with Gasteiger partial charge in [-0.2, -0.15) is 0 Å². The number of methoxy groups -OCH3 is 4. The quantitative estimate of drug-likeness (QED) is 0.0282. The summed E-state index contributed by atoms with van der Waals surface area (Å²) in [4.78, 5) is 123. The summed E-state index contributed by atoms with van der Waals surface area (Å²) in [7, 11) is 6.21. The minimum atomic E-state index is -2.42. The Morgan fingerprint density at radius 2 is 1.12 bits per heavy atom. The molecule has 8 aliphatic rings. The number of aliphatic carboxylic acids is 1. The van der Waals surface area contributed by atoms with Crippen molar-refractivity contribution in [3.05, 3.63) is 206 Å². The number of phenols is 6. The summed E-state index contributed by atoms with van der Waals surface area (Å²) in [5.74, 6) is -16.9. The molecule has 1 aromatic heterocycles. The number of aromatic hydroxyl groups is 6. The van der Waals surface area contributed by atoms with Crippen LogP contribution in [-0.4, -0.2) is 281 Å². The number of aliphatic hydroxyl groups is 3. The van der Waals surface area contributed by atoms with Crippen molar-refractivity contribution in [3.8, 4) is 85.9 Å². The number of nitrogens with one attached hydrogen (secondary N) is 7. The number of ether oxygens (including phenoxy) is 16. The van der Waals surface area contributed by atoms with Gasteiger partial charge in [-0.1, -0.05) is 64.8 Å². The molecule has 0 radical (unpaired) electrons. The molecule has 44 nitrogen and oxygen atoms in total. The highest BCUT2D eigenvalue weighted by atomic mass is 35.5. The first-order chi connectivity index (χ1) is 67.4. The summed E-state index contributed by atoms with van der Waals surface area (Å²) in [6.07, 6.45) is -12.1. The van der Waals surface area contributed by atoms with Gasteiger partial charge >= 0.3 is 5.97 Å². The van der Waals surface area contributed by atoms with Gasteiger partial charge in [-0.3, -0.25) is 33.6 Å². The fraction of sp³-hybridized carbons (Fsp3) is 0.383. The first-order valence-electron chi connectivity index (χ1n) is 43.8. The van der Waals surface area contributed by atoms with Crippen LogP contribution in [0.4, 0.5) is 0 Å². The molecule has 140 heavy (non-hydrogen) atoms. The van der Waals surface area contributed by atoms with Gasteiger partial charge in [0.1, 0.15) is 137 Å². The van der Waals surface area contributed by atoms with E-state index in [9.17, 15) is 60.7 Å². The fourth-order valence-corrected chi connectivity index (χ4v) is 17.3. The summed E-state index contributed by atoms with van der Waals surface area (Å²) in [6, 6.07) is 12.0. The predicted molar refractivity (Wildman–Crippen MR) is 482 cm³/mol. The molecular weight excluding hydrogens is 1880 g/mol. The topological polar surface area (TPSA) is 601 Å². The average Bonchev–Trinajstić information content (AvgIpc) is 0.868. The van der Waals surface area contributed by atoms with Crippen LogP contribution in [0.1, 0.15) is 93.4 Å². The van der Waals surface area contributed by atoms with Crippen molar-refractivity contribution in [2.75, 3.05) is 94.5 Å². The van der Waals surface area contributed by atoms with Crippen LogP contribution >= 0.6 is 23.2 Å². The number of aliphatic hydroxyl groups excluding tert-OH is 3. The van der Waals surface area contributed by atoms with Crippen LogP contribution in [0, 0.1) is 0 Å². The van der Waals surface area contributed by atoms with Gasteiger partial charge in [0.15, 0.2) is 47.7 Å². The number of nitrogens with zero attached hydrogens (tertiary/aromatic N) is 3. The SMILES string of the molecule is COc1ccc(CO[C@H]2[C@H](OC)[C@@H](OC)[C@@H](OC)O[C@@H]2COCCOCCOCCOCCOCc2cn([C@H]3C(=O)N[C@@H]4Cc5ccc(c(Cl)c5)Oc5cc6cc(c5O)Oc5ccc(cc5Cl)[C@@H](O[C@@H]5O[C@H](CO)[C@@H](O)[C@H](O)[C@H]5NC(C)=O)[C@@H]5NC(=O)[C@H](NC(=O)[C@@H]6NC(=O)[C@@H](NC4=O)c4cc(O)cc(c4)Oc4cc3ccc4O)c3ccc(O)c(c3)-c3c(O)cc(O)cc3[C@H](C(=O)O)NC5=O)nn2)cc1. The molecule has 7 amide bonds. The Bertz CT molecular complexity index is 6040. The summed E-state index contributed by atoms with van der Waals surface area (Å²) >= 11 is 14.3. The number of phenolic OH excluding ortho intramolecular Hbond substituents is 6. The molecule has 9 aromatic rings. The molecule has 8 aliphatic heterocycles. The molecule has 0 aliphatic carbocycles. The third-order valence-electron chi connectivity index (χ3n) is 23.7. The van der Waals surface area contributed by atoms with E-state index in [0.29, 0.717) is 5.75 Å². The highest BCUT2D eigenvalue weighted by molar-refractivity contribution is 6.32. The second-order valence-corrected chi connectivity index (χ2v) is 33.8. The number of carbonyl (C=O) groups is 8. The first-order valence-corrected chi connectivity index (χ1v) is 44.6. The molecule has 17 rings (SSSR count). The lowest BCUT2D eigenvalue weighted by Gasteiger charge is -2.44. The predicted octanol–water partition coefficient (Wildman–Crippen LogP) is 4.71. The van der Waals surface area contributed by atoms with E-state index in [0.717, 1.165) is 83.9 Å². The Morgan fingerprint density at radius 3 is 1.76 bits per heavy atom. The van der Waals surface area contributed by atoms with Crippen molar-refractivity contribution in [3.63, 3.8) is 0 Å². The lowest BCUT2D eigenvalue weighted by molar-refractivity contribution is -0.312. The molecule has 46 heteroatoms. The Balaban J connectivity index is 0.697. The van der Waals surface area contributed by atoms with Crippen LogP contribution in [0.25, 0.3) is 11.1 Å².